The molecule has 262 valence electrons. The van der Waals surface area contributed by atoms with Gasteiger partial charge in [0.05, 0.1) is 40.8 Å². The van der Waals surface area contributed by atoms with Gasteiger partial charge in [-0.2, -0.15) is 9.40 Å². The van der Waals surface area contributed by atoms with E-state index in [2.05, 4.69) is 50.1 Å². The predicted molar refractivity (Wildman–Crippen MR) is 199 cm³/mol. The minimum Gasteiger partial charge on any atom is -0.444 e. The quantitative estimate of drug-likeness (QED) is 0.136. The summed E-state index contributed by atoms with van der Waals surface area (Å²) in [5.41, 5.74) is 6.78. The molecule has 1 atom stereocenters. The number of amides is 1. The number of nitrogens with zero attached hydrogens (tertiary/aromatic N) is 5. The fourth-order valence-corrected chi connectivity index (χ4v) is 8.32. The Hall–Kier alpha value is -2.67. The van der Waals surface area contributed by atoms with Crippen LogP contribution in [0.1, 0.15) is 60.7 Å². The summed E-state index contributed by atoms with van der Waals surface area (Å²) in [6, 6.07) is 11.8. The van der Waals surface area contributed by atoms with E-state index in [0.29, 0.717) is 30.1 Å². The summed E-state index contributed by atoms with van der Waals surface area (Å²) in [5, 5.41) is 5.59. The van der Waals surface area contributed by atoms with Gasteiger partial charge in [-0.25, -0.2) is 13.2 Å². The number of fused-ring (bicyclic) bond motifs is 2. The van der Waals surface area contributed by atoms with Crippen molar-refractivity contribution in [1.29, 1.82) is 0 Å². The Morgan fingerprint density at radius 2 is 1.84 bits per heavy atom. The average molecular weight is 820 g/mol. The molecule has 0 spiro atoms. The van der Waals surface area contributed by atoms with Crippen molar-refractivity contribution in [3.8, 4) is 23.1 Å². The SMILES string of the molecule is CC(C)(C)OC(=O)N1Cc2cc(C#Cc3cc(-c4nn(CCCN5CCOCC5)c5c4CN(S(C)(=O)=O)CC5)ccc3Cl)ccc2C[C@H]1I. The van der Waals surface area contributed by atoms with Gasteiger partial charge in [-0.05, 0) is 62.6 Å². The molecule has 13 heteroatoms. The fourth-order valence-electron chi connectivity index (χ4n) is 6.47. The molecule has 0 radical (unpaired) electrons. The van der Waals surface area contributed by atoms with Crippen LogP contribution in [-0.4, -0.2) is 93.7 Å². The number of morpholine rings is 1. The summed E-state index contributed by atoms with van der Waals surface area (Å²) < 4.78 is 39.8. The number of carbonyl (C=O) groups is 1. The Kier molecular flexibility index (Phi) is 11.0. The van der Waals surface area contributed by atoms with Crippen molar-refractivity contribution in [2.24, 2.45) is 0 Å². The van der Waals surface area contributed by atoms with Crippen LogP contribution >= 0.6 is 34.2 Å². The number of hydrogen-bond acceptors (Lipinski definition) is 7. The van der Waals surface area contributed by atoms with Gasteiger partial charge in [-0.1, -0.05) is 58.2 Å². The molecule has 0 aliphatic carbocycles. The largest absolute Gasteiger partial charge is 0.444 e. The van der Waals surface area contributed by atoms with Gasteiger partial charge in [0.25, 0.3) is 0 Å². The first kappa shape index (κ1) is 36.1. The van der Waals surface area contributed by atoms with E-state index >= 15 is 0 Å². The maximum atomic E-state index is 12.9. The Morgan fingerprint density at radius 1 is 1.06 bits per heavy atom. The molecule has 0 unspecified atom stereocenters. The zero-order chi connectivity index (χ0) is 34.9. The molecule has 4 heterocycles. The highest BCUT2D eigenvalue weighted by atomic mass is 127. The predicted octanol–water partition coefficient (Wildman–Crippen LogP) is 5.70. The molecule has 3 aliphatic rings. The number of carbonyl (C=O) groups excluding carboxylic acids is 1. The number of benzene rings is 2. The van der Waals surface area contributed by atoms with Crippen molar-refractivity contribution in [2.45, 2.75) is 69.3 Å². The Balaban J connectivity index is 1.26. The standard InChI is InChI=1S/C36H43ClIN5O5S/c1-36(2,3)48-35(44)42-23-29-20-25(6-8-26(29)22-33(42)38)7-9-27-21-28(10-11-31(27)37)34-30-24-41(49(4,45)46)15-12-32(30)43(39-34)14-5-13-40-16-18-47-19-17-40/h6,8,10-11,20-21,33H,5,12-19,22-24H2,1-4H3/t33-/m0/s1. The van der Waals surface area contributed by atoms with E-state index in [-0.39, 0.29) is 16.7 Å². The van der Waals surface area contributed by atoms with Gasteiger partial charge in [0.1, 0.15) is 5.60 Å². The second kappa shape index (κ2) is 14.9. The first-order valence-electron chi connectivity index (χ1n) is 16.7. The molecular weight excluding hydrogens is 777 g/mol. The first-order valence-corrected chi connectivity index (χ1v) is 20.1. The highest BCUT2D eigenvalue weighted by molar-refractivity contribution is 14.1. The molecule has 2 aromatic carbocycles. The van der Waals surface area contributed by atoms with Crippen molar-refractivity contribution in [3.05, 3.63) is 74.9 Å². The molecule has 6 rings (SSSR count). The smallest absolute Gasteiger partial charge is 0.411 e. The van der Waals surface area contributed by atoms with Crippen LogP contribution in [0.25, 0.3) is 11.3 Å². The van der Waals surface area contributed by atoms with Crippen LogP contribution in [0.15, 0.2) is 36.4 Å². The summed E-state index contributed by atoms with van der Waals surface area (Å²) in [4.78, 5) is 17.1. The summed E-state index contributed by atoms with van der Waals surface area (Å²) in [6.07, 6.45) is 3.22. The minimum absolute atomic E-state index is 0.00179. The maximum absolute atomic E-state index is 12.9. The van der Waals surface area contributed by atoms with Gasteiger partial charge in [-0.15, -0.1) is 0 Å². The molecule has 1 amide bonds. The highest BCUT2D eigenvalue weighted by Crippen LogP contribution is 2.33. The van der Waals surface area contributed by atoms with Gasteiger partial charge in [-0.3, -0.25) is 14.5 Å². The number of halogens is 2. The first-order chi connectivity index (χ1) is 23.2. The zero-order valence-corrected chi connectivity index (χ0v) is 32.2. The number of alkyl halides is 1. The molecule has 49 heavy (non-hydrogen) atoms. The normalized spacial score (nSPS) is 18.7. The molecule has 1 aromatic heterocycles. The van der Waals surface area contributed by atoms with E-state index in [1.54, 1.807) is 4.90 Å². The maximum Gasteiger partial charge on any atom is 0.411 e. The van der Waals surface area contributed by atoms with Crippen LogP contribution in [0, 0.1) is 11.8 Å². The van der Waals surface area contributed by atoms with Crippen molar-refractivity contribution in [1.82, 2.24) is 23.9 Å². The second-order valence-electron chi connectivity index (χ2n) is 13.8. The van der Waals surface area contributed by atoms with E-state index in [1.165, 1.54) is 16.1 Å². The monoisotopic (exact) mass is 819 g/mol. The van der Waals surface area contributed by atoms with Crippen LogP contribution in [0.4, 0.5) is 4.79 Å². The lowest BCUT2D eigenvalue weighted by Crippen LogP contribution is -2.43. The highest BCUT2D eigenvalue weighted by Gasteiger charge is 2.32. The molecule has 0 bridgehead atoms. The number of hydrogen-bond donors (Lipinski definition) is 0. The van der Waals surface area contributed by atoms with Crippen molar-refractivity contribution in [2.75, 3.05) is 45.6 Å². The number of ether oxygens (including phenoxy) is 2. The van der Waals surface area contributed by atoms with E-state index in [9.17, 15) is 13.2 Å². The number of rotatable bonds is 6. The van der Waals surface area contributed by atoms with Crippen LogP contribution < -0.4 is 0 Å². The van der Waals surface area contributed by atoms with Gasteiger partial charge in [0.2, 0.25) is 10.0 Å². The summed E-state index contributed by atoms with van der Waals surface area (Å²) in [5.74, 6) is 6.55. The van der Waals surface area contributed by atoms with E-state index in [4.69, 9.17) is 26.2 Å². The second-order valence-corrected chi connectivity index (χ2v) is 17.7. The lowest BCUT2D eigenvalue weighted by molar-refractivity contribution is 0.0209. The van der Waals surface area contributed by atoms with E-state index in [1.807, 2.05) is 51.1 Å². The fraction of sp³-hybridized carbons (Fsp3) is 0.500. The third kappa shape index (κ3) is 8.80. The van der Waals surface area contributed by atoms with Gasteiger partial charge in [0.15, 0.2) is 0 Å². The molecule has 1 saturated heterocycles. The van der Waals surface area contributed by atoms with Crippen molar-refractivity contribution < 1.29 is 22.7 Å². The summed E-state index contributed by atoms with van der Waals surface area (Å²) >= 11 is 8.97. The Labute approximate surface area is 308 Å². The third-order valence-electron chi connectivity index (χ3n) is 9.00. The number of aryl methyl sites for hydroxylation is 1. The zero-order valence-electron chi connectivity index (χ0n) is 28.5. The van der Waals surface area contributed by atoms with Gasteiger partial charge in [0, 0.05) is 80.1 Å². The molecule has 3 aliphatic heterocycles. The van der Waals surface area contributed by atoms with Gasteiger partial charge >= 0.3 is 6.09 Å². The molecular formula is C36H43ClIN5O5S. The topological polar surface area (TPSA) is 97.2 Å². The Morgan fingerprint density at radius 3 is 2.57 bits per heavy atom. The molecule has 3 aromatic rings. The molecule has 1 fully saturated rings. The van der Waals surface area contributed by atoms with Crippen molar-refractivity contribution in [3.63, 3.8) is 0 Å². The number of aromatic nitrogens is 2. The van der Waals surface area contributed by atoms with Crippen LogP contribution in [0.3, 0.4) is 0 Å². The third-order valence-corrected chi connectivity index (χ3v) is 11.7. The van der Waals surface area contributed by atoms with E-state index in [0.717, 1.165) is 85.9 Å². The van der Waals surface area contributed by atoms with Crippen LogP contribution in [0.5, 0.6) is 0 Å². The molecule has 0 saturated carbocycles. The molecule has 10 nitrogen and oxygen atoms in total. The Bertz CT molecular complexity index is 1890. The van der Waals surface area contributed by atoms with Gasteiger partial charge < -0.3 is 9.47 Å². The summed E-state index contributed by atoms with van der Waals surface area (Å²) in [7, 11) is -3.37. The lowest BCUT2D eigenvalue weighted by Gasteiger charge is -2.35. The van der Waals surface area contributed by atoms with E-state index < -0.39 is 15.6 Å². The van der Waals surface area contributed by atoms with Crippen LogP contribution in [0.2, 0.25) is 5.02 Å². The molecule has 0 N–H and O–H groups in total. The lowest BCUT2D eigenvalue weighted by atomic mass is 9.97. The van der Waals surface area contributed by atoms with Crippen molar-refractivity contribution >= 4 is 50.3 Å². The average Bonchev–Trinajstić information content (AvgIpc) is 3.41. The summed E-state index contributed by atoms with van der Waals surface area (Å²) in [6.45, 7) is 11.9. The minimum atomic E-state index is -3.37. The number of sulfonamides is 1. The van der Waals surface area contributed by atoms with Crippen LogP contribution in [-0.2, 0) is 52.0 Å².